The predicted octanol–water partition coefficient (Wildman–Crippen LogP) is 1.79. The summed E-state index contributed by atoms with van der Waals surface area (Å²) in [6, 6.07) is 4.58. The number of rotatable bonds is 5. The van der Waals surface area contributed by atoms with E-state index in [1.54, 1.807) is 0 Å². The molecule has 0 amide bonds. The summed E-state index contributed by atoms with van der Waals surface area (Å²) in [5.74, 6) is 0. The van der Waals surface area contributed by atoms with Crippen LogP contribution in [0.2, 0.25) is 0 Å². The van der Waals surface area contributed by atoms with Gasteiger partial charge < -0.3 is 5.32 Å². The molecule has 0 spiro atoms. The molecule has 0 fully saturated rings. The number of nitrogens with one attached hydrogen (secondary N) is 1. The zero-order chi connectivity index (χ0) is 9.52. The minimum atomic E-state index is 0.486. The summed E-state index contributed by atoms with van der Waals surface area (Å²) in [7, 11) is 1.98. The van der Waals surface area contributed by atoms with Crippen molar-refractivity contribution in [3.63, 3.8) is 0 Å². The maximum Gasteiger partial charge on any atom is 0.0270 e. The summed E-state index contributed by atoms with van der Waals surface area (Å²) >= 11 is 0. The molecule has 0 aromatic carbocycles. The molecule has 0 aliphatic carbocycles. The van der Waals surface area contributed by atoms with Crippen LogP contribution in [0.25, 0.3) is 0 Å². The standard InChI is InChI=1S/C11H16N2/c1-3-4-11(12-2)9-10-5-7-13-8-6-10/h3,5-8,11-12H,1,4,9H2,2H3. The average Bonchev–Trinajstić information content (AvgIpc) is 2.19. The lowest BCUT2D eigenvalue weighted by molar-refractivity contribution is 0.566. The lowest BCUT2D eigenvalue weighted by atomic mass is 10.0. The third-order valence-corrected chi connectivity index (χ3v) is 2.09. The summed E-state index contributed by atoms with van der Waals surface area (Å²) < 4.78 is 0. The maximum atomic E-state index is 3.98. The molecular formula is C11H16N2. The first-order valence-electron chi connectivity index (χ1n) is 4.54. The fraction of sp³-hybridized carbons (Fsp3) is 0.364. The van der Waals surface area contributed by atoms with Crippen molar-refractivity contribution in [2.45, 2.75) is 18.9 Å². The molecular weight excluding hydrogens is 160 g/mol. The topological polar surface area (TPSA) is 24.9 Å². The molecule has 0 aliphatic rings. The van der Waals surface area contributed by atoms with Crippen LogP contribution in [0.4, 0.5) is 0 Å². The molecule has 0 saturated carbocycles. The molecule has 13 heavy (non-hydrogen) atoms. The Kier molecular flexibility index (Phi) is 4.19. The van der Waals surface area contributed by atoms with E-state index >= 15 is 0 Å². The minimum absolute atomic E-state index is 0.486. The van der Waals surface area contributed by atoms with Crippen LogP contribution in [0.15, 0.2) is 37.2 Å². The Morgan fingerprint density at radius 2 is 2.23 bits per heavy atom. The molecule has 1 aromatic rings. The predicted molar refractivity (Wildman–Crippen MR) is 55.6 cm³/mol. The van der Waals surface area contributed by atoms with Crippen LogP contribution in [0, 0.1) is 0 Å². The minimum Gasteiger partial charge on any atom is -0.316 e. The van der Waals surface area contributed by atoms with Crippen LogP contribution in [0.1, 0.15) is 12.0 Å². The van der Waals surface area contributed by atoms with E-state index in [4.69, 9.17) is 0 Å². The number of likely N-dealkylation sites (N-methyl/N-ethyl adjacent to an activating group) is 1. The Balaban J connectivity index is 2.51. The molecule has 1 aromatic heterocycles. The van der Waals surface area contributed by atoms with E-state index in [2.05, 4.69) is 16.9 Å². The third-order valence-electron chi connectivity index (χ3n) is 2.09. The molecule has 0 radical (unpaired) electrons. The summed E-state index contributed by atoms with van der Waals surface area (Å²) in [6.45, 7) is 3.74. The lowest BCUT2D eigenvalue weighted by Gasteiger charge is -2.13. The monoisotopic (exact) mass is 176 g/mol. The Hall–Kier alpha value is -1.15. The van der Waals surface area contributed by atoms with Gasteiger partial charge in [0.1, 0.15) is 0 Å². The highest BCUT2D eigenvalue weighted by Crippen LogP contribution is 2.04. The van der Waals surface area contributed by atoms with Crippen LogP contribution in [-0.2, 0) is 6.42 Å². The average molecular weight is 176 g/mol. The van der Waals surface area contributed by atoms with E-state index in [1.165, 1.54) is 5.56 Å². The summed E-state index contributed by atoms with van der Waals surface area (Å²) in [6.07, 6.45) is 7.64. The van der Waals surface area contributed by atoms with Crippen LogP contribution in [0.3, 0.4) is 0 Å². The van der Waals surface area contributed by atoms with Gasteiger partial charge in [-0.3, -0.25) is 4.98 Å². The van der Waals surface area contributed by atoms with Crippen molar-refractivity contribution >= 4 is 0 Å². The molecule has 2 nitrogen and oxygen atoms in total. The zero-order valence-electron chi connectivity index (χ0n) is 8.03. The quantitative estimate of drug-likeness (QED) is 0.692. The van der Waals surface area contributed by atoms with Gasteiger partial charge in [0.15, 0.2) is 0 Å². The fourth-order valence-corrected chi connectivity index (χ4v) is 1.31. The van der Waals surface area contributed by atoms with Gasteiger partial charge in [0.05, 0.1) is 0 Å². The van der Waals surface area contributed by atoms with E-state index in [0.717, 1.165) is 12.8 Å². The van der Waals surface area contributed by atoms with E-state index in [0.29, 0.717) is 6.04 Å². The van der Waals surface area contributed by atoms with Gasteiger partial charge in [0.25, 0.3) is 0 Å². The Bertz CT molecular complexity index is 244. The fourth-order valence-electron chi connectivity index (χ4n) is 1.31. The van der Waals surface area contributed by atoms with E-state index in [9.17, 15) is 0 Å². The Morgan fingerprint density at radius 1 is 1.54 bits per heavy atom. The van der Waals surface area contributed by atoms with Crippen molar-refractivity contribution in [3.8, 4) is 0 Å². The molecule has 0 aliphatic heterocycles. The van der Waals surface area contributed by atoms with Crippen LogP contribution in [-0.4, -0.2) is 18.1 Å². The number of hydrogen-bond donors (Lipinski definition) is 1. The van der Waals surface area contributed by atoms with Crippen molar-refractivity contribution in [1.29, 1.82) is 0 Å². The molecule has 70 valence electrons. The van der Waals surface area contributed by atoms with Crippen molar-refractivity contribution < 1.29 is 0 Å². The second-order valence-electron chi connectivity index (χ2n) is 3.07. The first-order valence-corrected chi connectivity index (χ1v) is 4.54. The largest absolute Gasteiger partial charge is 0.316 e. The van der Waals surface area contributed by atoms with Gasteiger partial charge in [0.2, 0.25) is 0 Å². The highest BCUT2D eigenvalue weighted by Gasteiger charge is 2.03. The van der Waals surface area contributed by atoms with E-state index in [-0.39, 0.29) is 0 Å². The summed E-state index contributed by atoms with van der Waals surface area (Å²) in [5, 5.41) is 3.26. The Labute approximate surface area is 79.7 Å². The van der Waals surface area contributed by atoms with Gasteiger partial charge in [-0.25, -0.2) is 0 Å². The molecule has 1 unspecified atom stereocenters. The number of aromatic nitrogens is 1. The number of nitrogens with zero attached hydrogens (tertiary/aromatic N) is 1. The van der Waals surface area contributed by atoms with Crippen molar-refractivity contribution in [2.24, 2.45) is 0 Å². The van der Waals surface area contributed by atoms with Crippen LogP contribution in [0.5, 0.6) is 0 Å². The maximum absolute atomic E-state index is 3.98. The first kappa shape index (κ1) is 9.93. The molecule has 2 heteroatoms. The normalized spacial score (nSPS) is 12.4. The smallest absolute Gasteiger partial charge is 0.0270 e. The van der Waals surface area contributed by atoms with Crippen LogP contribution >= 0.6 is 0 Å². The van der Waals surface area contributed by atoms with Gasteiger partial charge in [-0.2, -0.15) is 0 Å². The van der Waals surface area contributed by atoms with Gasteiger partial charge in [-0.15, -0.1) is 6.58 Å². The lowest BCUT2D eigenvalue weighted by Crippen LogP contribution is -2.26. The third kappa shape index (κ3) is 3.38. The van der Waals surface area contributed by atoms with Crippen molar-refractivity contribution in [1.82, 2.24) is 10.3 Å². The van der Waals surface area contributed by atoms with Gasteiger partial charge in [-0.05, 0) is 37.6 Å². The number of hydrogen-bond acceptors (Lipinski definition) is 2. The van der Waals surface area contributed by atoms with Gasteiger partial charge in [0, 0.05) is 18.4 Å². The SMILES string of the molecule is C=CCC(Cc1ccncc1)NC. The van der Waals surface area contributed by atoms with Gasteiger partial charge in [-0.1, -0.05) is 6.08 Å². The van der Waals surface area contributed by atoms with Crippen LogP contribution < -0.4 is 5.32 Å². The summed E-state index contributed by atoms with van der Waals surface area (Å²) in [4.78, 5) is 3.98. The molecule has 1 heterocycles. The molecule has 0 bridgehead atoms. The van der Waals surface area contributed by atoms with E-state index < -0.39 is 0 Å². The zero-order valence-corrected chi connectivity index (χ0v) is 8.03. The molecule has 1 N–H and O–H groups in total. The number of pyridine rings is 1. The Morgan fingerprint density at radius 3 is 2.77 bits per heavy atom. The second kappa shape index (κ2) is 5.49. The molecule has 1 rings (SSSR count). The van der Waals surface area contributed by atoms with Gasteiger partial charge >= 0.3 is 0 Å². The first-order chi connectivity index (χ1) is 6.36. The van der Waals surface area contributed by atoms with Crippen molar-refractivity contribution in [2.75, 3.05) is 7.05 Å². The van der Waals surface area contributed by atoms with Crippen molar-refractivity contribution in [3.05, 3.63) is 42.7 Å². The molecule has 1 atom stereocenters. The second-order valence-corrected chi connectivity index (χ2v) is 3.07. The highest BCUT2D eigenvalue weighted by atomic mass is 14.9. The summed E-state index contributed by atoms with van der Waals surface area (Å²) in [5.41, 5.74) is 1.32. The highest BCUT2D eigenvalue weighted by molar-refractivity contribution is 5.11. The molecule has 0 saturated heterocycles. The van der Waals surface area contributed by atoms with E-state index in [1.807, 2.05) is 37.7 Å².